The minimum atomic E-state index is -1.14. The lowest BCUT2D eigenvalue weighted by Gasteiger charge is -2.32. The summed E-state index contributed by atoms with van der Waals surface area (Å²) in [5.41, 5.74) is 7.30. The van der Waals surface area contributed by atoms with Crippen LogP contribution < -0.4 is 11.1 Å². The molecular formula is C16H18N6O4. The molecule has 10 heteroatoms. The Morgan fingerprint density at radius 1 is 1.27 bits per heavy atom. The van der Waals surface area contributed by atoms with E-state index in [4.69, 9.17) is 10.8 Å². The molecule has 4 N–H and O–H groups in total. The van der Waals surface area contributed by atoms with Crippen molar-refractivity contribution in [3.63, 3.8) is 0 Å². The molecule has 2 aromatic rings. The summed E-state index contributed by atoms with van der Waals surface area (Å²) in [5, 5.41) is 12.4. The van der Waals surface area contributed by atoms with Gasteiger partial charge in [0, 0.05) is 25.0 Å². The van der Waals surface area contributed by atoms with Crippen LogP contribution in [0.3, 0.4) is 0 Å². The largest absolute Gasteiger partial charge is 0.465 e. The van der Waals surface area contributed by atoms with Crippen LogP contribution in [-0.2, 0) is 16.1 Å². The van der Waals surface area contributed by atoms with Gasteiger partial charge in [0.1, 0.15) is 18.7 Å². The number of carbonyl (C=O) groups excluding carboxylic acids is 2. The van der Waals surface area contributed by atoms with Crippen molar-refractivity contribution < 1.29 is 19.5 Å². The number of rotatable bonds is 4. The summed E-state index contributed by atoms with van der Waals surface area (Å²) in [6.07, 6.45) is 0.241. The van der Waals surface area contributed by atoms with Crippen LogP contribution in [-0.4, -0.2) is 69.0 Å². The van der Waals surface area contributed by atoms with Gasteiger partial charge in [0.05, 0.1) is 12.1 Å². The molecule has 10 nitrogen and oxygen atoms in total. The van der Waals surface area contributed by atoms with Crippen LogP contribution >= 0.6 is 0 Å². The van der Waals surface area contributed by atoms with Crippen LogP contribution in [0.4, 0.5) is 10.6 Å². The van der Waals surface area contributed by atoms with Crippen molar-refractivity contribution in [2.75, 3.05) is 31.9 Å². The molecule has 0 aliphatic carbocycles. The Hall–Kier alpha value is -3.43. The highest BCUT2D eigenvalue weighted by atomic mass is 16.4. The van der Waals surface area contributed by atoms with Crippen LogP contribution in [0.1, 0.15) is 5.56 Å². The van der Waals surface area contributed by atoms with Gasteiger partial charge in [-0.15, -0.1) is 0 Å². The number of hydrogen-bond donors (Lipinski definition) is 3. The summed E-state index contributed by atoms with van der Waals surface area (Å²) < 4.78 is 0. The van der Waals surface area contributed by atoms with Crippen molar-refractivity contribution in [3.05, 3.63) is 30.1 Å². The second kappa shape index (κ2) is 7.21. The van der Waals surface area contributed by atoms with Crippen molar-refractivity contribution >= 4 is 34.6 Å². The van der Waals surface area contributed by atoms with Gasteiger partial charge in [-0.2, -0.15) is 0 Å². The van der Waals surface area contributed by atoms with Crippen LogP contribution in [0.15, 0.2) is 24.5 Å². The maximum Gasteiger partial charge on any atom is 0.407 e. The lowest BCUT2D eigenvalue weighted by Crippen LogP contribution is -2.54. The highest BCUT2D eigenvalue weighted by Gasteiger charge is 2.27. The van der Waals surface area contributed by atoms with Crippen molar-refractivity contribution in [2.24, 2.45) is 0 Å². The van der Waals surface area contributed by atoms with Gasteiger partial charge in [0.25, 0.3) is 0 Å². The summed E-state index contributed by atoms with van der Waals surface area (Å²) in [6, 6.07) is 5.42. The number of carboxylic acid groups (broad SMARTS) is 1. The second-order valence-corrected chi connectivity index (χ2v) is 5.91. The van der Waals surface area contributed by atoms with Crippen LogP contribution in [0.5, 0.6) is 0 Å². The molecule has 26 heavy (non-hydrogen) atoms. The summed E-state index contributed by atoms with van der Waals surface area (Å²) in [6.45, 7) is 0.344. The predicted molar refractivity (Wildman–Crippen MR) is 92.0 cm³/mol. The molecule has 0 atom stereocenters. The lowest BCUT2D eigenvalue weighted by atomic mass is 10.1. The van der Waals surface area contributed by atoms with Gasteiger partial charge in [0.2, 0.25) is 11.8 Å². The van der Waals surface area contributed by atoms with Crippen molar-refractivity contribution in [1.82, 2.24) is 25.1 Å². The monoisotopic (exact) mass is 358 g/mol. The summed E-state index contributed by atoms with van der Waals surface area (Å²) >= 11 is 0. The second-order valence-electron chi connectivity index (χ2n) is 5.91. The number of nitrogens with zero attached hydrogens (tertiary/aromatic N) is 4. The molecule has 136 valence electrons. The summed E-state index contributed by atoms with van der Waals surface area (Å²) in [7, 11) is 0. The lowest BCUT2D eigenvalue weighted by molar-refractivity contribution is -0.139. The normalized spacial score (nSPS) is 14.5. The maximum absolute atomic E-state index is 12.1. The van der Waals surface area contributed by atoms with Gasteiger partial charge in [-0.3, -0.25) is 14.5 Å². The smallest absolute Gasteiger partial charge is 0.407 e. The topological polar surface area (TPSA) is 142 Å². The first-order valence-corrected chi connectivity index (χ1v) is 7.95. The van der Waals surface area contributed by atoms with E-state index in [2.05, 4.69) is 15.3 Å². The van der Waals surface area contributed by atoms with E-state index in [0.29, 0.717) is 11.3 Å². The molecule has 1 saturated heterocycles. The molecule has 0 bridgehead atoms. The number of hydrogen-bond acceptors (Lipinski definition) is 6. The van der Waals surface area contributed by atoms with E-state index in [0.717, 1.165) is 15.8 Å². The number of carbonyl (C=O) groups is 3. The molecule has 0 radical (unpaired) electrons. The SMILES string of the molecule is Nc1ncnc2cc(CNC(=O)CN3CCN(C(=O)O)CC3=O)ccc12. The molecule has 3 amide bonds. The van der Waals surface area contributed by atoms with E-state index in [1.807, 2.05) is 12.1 Å². The van der Waals surface area contributed by atoms with E-state index in [1.165, 1.54) is 11.2 Å². The first-order valence-electron chi connectivity index (χ1n) is 7.95. The van der Waals surface area contributed by atoms with Gasteiger partial charge in [0.15, 0.2) is 0 Å². The molecule has 0 saturated carbocycles. The Morgan fingerprint density at radius 3 is 2.81 bits per heavy atom. The van der Waals surface area contributed by atoms with Crippen molar-refractivity contribution in [3.8, 4) is 0 Å². The minimum absolute atomic E-state index is 0.102. The van der Waals surface area contributed by atoms with Gasteiger partial charge < -0.3 is 21.1 Å². The van der Waals surface area contributed by atoms with Gasteiger partial charge in [-0.25, -0.2) is 14.8 Å². The van der Waals surface area contributed by atoms with E-state index in [1.54, 1.807) is 6.07 Å². The van der Waals surface area contributed by atoms with Gasteiger partial charge in [-0.05, 0) is 17.7 Å². The number of fused-ring (bicyclic) bond motifs is 1. The van der Waals surface area contributed by atoms with Crippen molar-refractivity contribution in [2.45, 2.75) is 6.54 Å². The first kappa shape index (κ1) is 17.4. The van der Waals surface area contributed by atoms with E-state index < -0.39 is 6.09 Å². The Morgan fingerprint density at radius 2 is 2.08 bits per heavy atom. The van der Waals surface area contributed by atoms with Gasteiger partial charge >= 0.3 is 6.09 Å². The molecule has 2 heterocycles. The number of nitrogens with two attached hydrogens (primary N) is 1. The Kier molecular flexibility index (Phi) is 4.83. The van der Waals surface area contributed by atoms with Crippen LogP contribution in [0.2, 0.25) is 0 Å². The van der Waals surface area contributed by atoms with Crippen molar-refractivity contribution in [1.29, 1.82) is 0 Å². The summed E-state index contributed by atoms with van der Waals surface area (Å²) in [4.78, 5) is 45.3. The number of aromatic nitrogens is 2. The molecular weight excluding hydrogens is 340 g/mol. The fourth-order valence-corrected chi connectivity index (χ4v) is 2.70. The Labute approximate surface area is 148 Å². The fraction of sp³-hybridized carbons (Fsp3) is 0.312. The molecule has 1 aromatic heterocycles. The van der Waals surface area contributed by atoms with Crippen LogP contribution in [0.25, 0.3) is 10.9 Å². The van der Waals surface area contributed by atoms with Crippen LogP contribution in [0, 0.1) is 0 Å². The fourth-order valence-electron chi connectivity index (χ4n) is 2.70. The Balaban J connectivity index is 1.54. The highest BCUT2D eigenvalue weighted by molar-refractivity contribution is 5.89. The molecule has 0 spiro atoms. The molecule has 1 fully saturated rings. The maximum atomic E-state index is 12.1. The number of anilines is 1. The number of amides is 3. The quantitative estimate of drug-likeness (QED) is 0.678. The van der Waals surface area contributed by atoms with E-state index in [9.17, 15) is 14.4 Å². The predicted octanol–water partition coefficient (Wildman–Crippen LogP) is -0.350. The first-order chi connectivity index (χ1) is 12.4. The number of piperazine rings is 1. The third-order valence-electron chi connectivity index (χ3n) is 4.15. The third kappa shape index (κ3) is 3.79. The Bertz CT molecular complexity index is 871. The number of benzene rings is 1. The average Bonchev–Trinajstić information content (AvgIpc) is 2.61. The molecule has 1 aromatic carbocycles. The molecule has 3 rings (SSSR count). The van der Waals surface area contributed by atoms with Gasteiger partial charge in [-0.1, -0.05) is 6.07 Å². The third-order valence-corrected chi connectivity index (χ3v) is 4.15. The van der Waals surface area contributed by atoms with E-state index >= 15 is 0 Å². The average molecular weight is 358 g/mol. The minimum Gasteiger partial charge on any atom is -0.465 e. The number of nitrogens with one attached hydrogen (secondary N) is 1. The molecule has 0 unspecified atom stereocenters. The zero-order valence-corrected chi connectivity index (χ0v) is 13.9. The summed E-state index contributed by atoms with van der Waals surface area (Å²) in [5.74, 6) is -0.305. The highest BCUT2D eigenvalue weighted by Crippen LogP contribution is 2.17. The zero-order chi connectivity index (χ0) is 18.7. The zero-order valence-electron chi connectivity index (χ0n) is 13.9. The van der Waals surface area contributed by atoms with E-state index in [-0.39, 0.29) is 44.5 Å². The number of nitrogen functional groups attached to an aromatic ring is 1. The molecule has 1 aliphatic rings. The standard InChI is InChI=1S/C16H18N6O4/c17-15-11-2-1-10(5-12(11)19-9-20-15)6-18-13(23)7-21-3-4-22(16(25)26)8-14(21)24/h1-2,5,9H,3-4,6-8H2,(H,18,23)(H,25,26)(H2,17,19,20). The molecule has 1 aliphatic heterocycles.